The highest BCUT2D eigenvalue weighted by Crippen LogP contribution is 2.47. The smallest absolute Gasteiger partial charge is 0.0754 e. The zero-order valence-electron chi connectivity index (χ0n) is 14.5. The van der Waals surface area contributed by atoms with Crippen LogP contribution in [0.25, 0.3) is 0 Å². The van der Waals surface area contributed by atoms with E-state index < -0.39 is 6.10 Å². The predicted molar refractivity (Wildman–Crippen MR) is 92.4 cm³/mol. The Bertz CT molecular complexity index is 470. The molecule has 0 aliphatic heterocycles. The number of allylic oxidation sites excluding steroid dienone is 3. The first-order valence-corrected chi connectivity index (χ1v) is 8.67. The number of hydrogen-bond acceptors (Lipinski definition) is 2. The second kappa shape index (κ2) is 7.14. The van der Waals surface area contributed by atoms with Gasteiger partial charge in [-0.05, 0) is 69.8 Å². The summed E-state index contributed by atoms with van der Waals surface area (Å²) < 4.78 is 0. The van der Waals surface area contributed by atoms with Crippen molar-refractivity contribution in [3.63, 3.8) is 0 Å². The van der Waals surface area contributed by atoms with Crippen LogP contribution < -0.4 is 0 Å². The third-order valence-electron chi connectivity index (χ3n) is 5.76. The van der Waals surface area contributed by atoms with Crippen LogP contribution in [0.4, 0.5) is 0 Å². The molecule has 1 fully saturated rings. The fourth-order valence-electron chi connectivity index (χ4n) is 4.28. The molecule has 0 saturated heterocycles. The molecule has 2 aliphatic carbocycles. The van der Waals surface area contributed by atoms with E-state index in [9.17, 15) is 10.2 Å². The molecule has 1 saturated carbocycles. The van der Waals surface area contributed by atoms with E-state index in [1.54, 1.807) is 0 Å². The van der Waals surface area contributed by atoms with Crippen molar-refractivity contribution in [2.45, 2.75) is 65.6 Å². The first-order valence-electron chi connectivity index (χ1n) is 8.67. The van der Waals surface area contributed by atoms with E-state index in [1.165, 1.54) is 11.1 Å². The first-order chi connectivity index (χ1) is 10.3. The molecule has 0 aromatic heterocycles. The standard InChI is InChI=1S/C20H32O2/c1-12(2)7-6-8-13(3)17-11-18(21)15(5)16-10-9-14(4)19(16)20(17)22/h7,9,13,16-22H,5-6,8,10-11H2,1-4H3/t13?,16-,17-,18-,19+,20+/m0/s1. The highest BCUT2D eigenvalue weighted by atomic mass is 16.3. The largest absolute Gasteiger partial charge is 0.392 e. The molecule has 0 radical (unpaired) electrons. The van der Waals surface area contributed by atoms with Crippen molar-refractivity contribution in [3.8, 4) is 0 Å². The van der Waals surface area contributed by atoms with E-state index in [0.29, 0.717) is 12.3 Å². The van der Waals surface area contributed by atoms with E-state index >= 15 is 0 Å². The minimum Gasteiger partial charge on any atom is -0.392 e. The number of rotatable bonds is 4. The highest BCUT2D eigenvalue weighted by molar-refractivity contribution is 5.26. The molecule has 0 heterocycles. The van der Waals surface area contributed by atoms with Gasteiger partial charge in [0.25, 0.3) is 0 Å². The Morgan fingerprint density at radius 2 is 2.09 bits per heavy atom. The lowest BCUT2D eigenvalue weighted by molar-refractivity contribution is 0.0219. The summed E-state index contributed by atoms with van der Waals surface area (Å²) in [5.41, 5.74) is 3.54. The topological polar surface area (TPSA) is 40.5 Å². The molecule has 0 aromatic rings. The predicted octanol–water partition coefficient (Wildman–Crippen LogP) is 4.25. The Labute approximate surface area is 135 Å². The van der Waals surface area contributed by atoms with E-state index in [2.05, 4.69) is 46.4 Å². The summed E-state index contributed by atoms with van der Waals surface area (Å²) >= 11 is 0. The average Bonchev–Trinajstić information content (AvgIpc) is 2.79. The molecule has 2 aliphatic rings. The molecule has 124 valence electrons. The lowest BCUT2D eigenvalue weighted by Crippen LogP contribution is -2.34. The maximum atomic E-state index is 11.0. The van der Waals surface area contributed by atoms with Crippen LogP contribution in [0, 0.1) is 23.7 Å². The van der Waals surface area contributed by atoms with Crippen LogP contribution in [0.2, 0.25) is 0 Å². The van der Waals surface area contributed by atoms with Crippen molar-refractivity contribution in [2.75, 3.05) is 0 Å². The van der Waals surface area contributed by atoms with E-state index in [0.717, 1.165) is 24.8 Å². The summed E-state index contributed by atoms with van der Waals surface area (Å²) in [6.07, 6.45) is 7.32. The number of aliphatic hydroxyl groups excluding tert-OH is 2. The molecular weight excluding hydrogens is 272 g/mol. The summed E-state index contributed by atoms with van der Waals surface area (Å²) in [5.74, 6) is 0.925. The lowest BCUT2D eigenvalue weighted by atomic mass is 9.76. The number of aliphatic hydroxyl groups is 2. The monoisotopic (exact) mass is 304 g/mol. The first kappa shape index (κ1) is 17.5. The highest BCUT2D eigenvalue weighted by Gasteiger charge is 2.44. The van der Waals surface area contributed by atoms with Gasteiger partial charge in [0.05, 0.1) is 12.2 Å². The molecule has 22 heavy (non-hydrogen) atoms. The van der Waals surface area contributed by atoms with Gasteiger partial charge in [0.1, 0.15) is 0 Å². The number of hydrogen-bond donors (Lipinski definition) is 2. The van der Waals surface area contributed by atoms with Crippen LogP contribution in [-0.2, 0) is 0 Å². The SMILES string of the molecule is C=C1[C@@H](O)C[C@@H](C(C)CCC=C(C)C)[C@@H](O)[C@@H]2C(C)=CC[C@@H]12. The van der Waals surface area contributed by atoms with Gasteiger partial charge >= 0.3 is 0 Å². The second-order valence-electron chi connectivity index (χ2n) is 7.63. The van der Waals surface area contributed by atoms with Gasteiger partial charge in [0, 0.05) is 5.92 Å². The van der Waals surface area contributed by atoms with Crippen LogP contribution in [0.5, 0.6) is 0 Å². The lowest BCUT2D eigenvalue weighted by Gasteiger charge is -2.32. The Balaban J connectivity index is 2.14. The third-order valence-corrected chi connectivity index (χ3v) is 5.76. The van der Waals surface area contributed by atoms with E-state index in [4.69, 9.17) is 0 Å². The van der Waals surface area contributed by atoms with Crippen LogP contribution in [0.15, 0.2) is 35.5 Å². The average molecular weight is 304 g/mol. The minimum atomic E-state index is -0.472. The van der Waals surface area contributed by atoms with Crippen molar-refractivity contribution < 1.29 is 10.2 Å². The third kappa shape index (κ3) is 3.55. The summed E-state index contributed by atoms with van der Waals surface area (Å²) in [6, 6.07) is 0. The van der Waals surface area contributed by atoms with Gasteiger partial charge in [-0.2, -0.15) is 0 Å². The fourth-order valence-corrected chi connectivity index (χ4v) is 4.28. The van der Waals surface area contributed by atoms with Crippen LogP contribution in [-0.4, -0.2) is 22.4 Å². The fraction of sp³-hybridized carbons (Fsp3) is 0.700. The molecule has 2 rings (SSSR count). The van der Waals surface area contributed by atoms with E-state index in [1.807, 2.05) is 0 Å². The molecule has 2 heteroatoms. The summed E-state index contributed by atoms with van der Waals surface area (Å²) in [4.78, 5) is 0. The zero-order valence-corrected chi connectivity index (χ0v) is 14.5. The molecule has 0 aromatic carbocycles. The van der Waals surface area contributed by atoms with Gasteiger partial charge < -0.3 is 10.2 Å². The summed E-state index contributed by atoms with van der Waals surface area (Å²) in [7, 11) is 0. The van der Waals surface area contributed by atoms with Gasteiger partial charge in [0.2, 0.25) is 0 Å². The van der Waals surface area contributed by atoms with Crippen molar-refractivity contribution in [3.05, 3.63) is 35.5 Å². The minimum absolute atomic E-state index is 0.147. The Morgan fingerprint density at radius 1 is 1.41 bits per heavy atom. The quantitative estimate of drug-likeness (QED) is 0.762. The van der Waals surface area contributed by atoms with Gasteiger partial charge in [-0.25, -0.2) is 0 Å². The van der Waals surface area contributed by atoms with E-state index in [-0.39, 0.29) is 23.9 Å². The van der Waals surface area contributed by atoms with Crippen LogP contribution >= 0.6 is 0 Å². The van der Waals surface area contributed by atoms with Crippen molar-refractivity contribution in [1.82, 2.24) is 0 Å². The Hall–Kier alpha value is -0.860. The molecule has 2 nitrogen and oxygen atoms in total. The zero-order chi connectivity index (χ0) is 16.4. The maximum Gasteiger partial charge on any atom is 0.0754 e. The second-order valence-corrected chi connectivity index (χ2v) is 7.63. The maximum absolute atomic E-state index is 11.0. The Kier molecular flexibility index (Phi) is 5.68. The van der Waals surface area contributed by atoms with Gasteiger partial charge in [0.15, 0.2) is 0 Å². The molecule has 6 atom stereocenters. The normalized spacial score (nSPS) is 36.4. The van der Waals surface area contributed by atoms with Crippen molar-refractivity contribution >= 4 is 0 Å². The Morgan fingerprint density at radius 3 is 2.73 bits per heavy atom. The molecule has 2 N–H and O–H groups in total. The van der Waals surface area contributed by atoms with Gasteiger partial charge in [-0.1, -0.05) is 36.8 Å². The van der Waals surface area contributed by atoms with Crippen molar-refractivity contribution in [2.24, 2.45) is 23.7 Å². The van der Waals surface area contributed by atoms with Gasteiger partial charge in [-0.15, -0.1) is 0 Å². The molecule has 0 spiro atoms. The van der Waals surface area contributed by atoms with Crippen LogP contribution in [0.1, 0.15) is 53.4 Å². The molecule has 0 bridgehead atoms. The van der Waals surface area contributed by atoms with Crippen LogP contribution in [0.3, 0.4) is 0 Å². The summed E-state index contributed by atoms with van der Waals surface area (Å²) in [6.45, 7) is 12.7. The molecule has 0 amide bonds. The summed E-state index contributed by atoms with van der Waals surface area (Å²) in [5, 5.41) is 21.5. The van der Waals surface area contributed by atoms with Gasteiger partial charge in [-0.3, -0.25) is 0 Å². The molecular formula is C20H32O2. The number of fused-ring (bicyclic) bond motifs is 1. The molecule has 1 unspecified atom stereocenters. The van der Waals surface area contributed by atoms with Crippen molar-refractivity contribution in [1.29, 1.82) is 0 Å².